The number of esters is 1. The first-order valence-corrected chi connectivity index (χ1v) is 20.9. The van der Waals surface area contributed by atoms with Crippen molar-refractivity contribution >= 4 is 23.4 Å². The lowest BCUT2D eigenvalue weighted by molar-refractivity contribution is -0.303. The molecule has 3 aliphatic heterocycles. The number of fused-ring (bicyclic) bond motifs is 3. The number of Topliss-reactive ketones (excluding diaryl/α,β-unsaturated/α-hetero) is 2. The van der Waals surface area contributed by atoms with Gasteiger partial charge < -0.3 is 49.0 Å². The maximum atomic E-state index is 14.3. The van der Waals surface area contributed by atoms with Gasteiger partial charge in [0.2, 0.25) is 5.79 Å². The molecule has 57 heavy (non-hydrogen) atoms. The highest BCUT2D eigenvalue weighted by Crippen LogP contribution is 2.39. The lowest BCUT2D eigenvalue weighted by Gasteiger charge is -2.47. The zero-order valence-electron chi connectivity index (χ0n) is 35.4. The van der Waals surface area contributed by atoms with Gasteiger partial charge in [0.1, 0.15) is 18.2 Å². The van der Waals surface area contributed by atoms with Gasteiger partial charge >= 0.3 is 5.97 Å². The van der Waals surface area contributed by atoms with E-state index in [1.54, 1.807) is 40.9 Å². The number of ketones is 2. The molecule has 1 unspecified atom stereocenters. The summed E-state index contributed by atoms with van der Waals surface area (Å²) >= 11 is 0. The molecular weight excluding hydrogens is 738 g/mol. The Morgan fingerprint density at radius 3 is 2.18 bits per heavy atom. The van der Waals surface area contributed by atoms with Crippen LogP contribution >= 0.6 is 0 Å². The van der Waals surface area contributed by atoms with Crippen molar-refractivity contribution in [3.63, 3.8) is 0 Å². The predicted molar refractivity (Wildman–Crippen MR) is 209 cm³/mol. The molecule has 1 amide bonds. The lowest BCUT2D eigenvalue weighted by Crippen LogP contribution is -2.64. The number of amides is 1. The van der Waals surface area contributed by atoms with Crippen LogP contribution in [-0.4, -0.2) is 137 Å². The molecule has 0 radical (unpaired) electrons. The Morgan fingerprint density at radius 2 is 1.54 bits per heavy atom. The van der Waals surface area contributed by atoms with Crippen molar-refractivity contribution in [3.8, 4) is 0 Å². The molecule has 14 nitrogen and oxygen atoms in total. The summed E-state index contributed by atoms with van der Waals surface area (Å²) in [5, 5.41) is 45.6. The van der Waals surface area contributed by atoms with E-state index >= 15 is 0 Å². The molecule has 4 aliphatic rings. The largest absolute Gasteiger partial charge is 0.456 e. The minimum absolute atomic E-state index is 0.0269. The number of allylic oxidation sites excluding steroid dienone is 2. The molecule has 0 aromatic rings. The molecule has 2 bridgehead atoms. The second kappa shape index (κ2) is 20.6. The second-order valence-electron chi connectivity index (χ2n) is 17.1. The molecule has 1 aliphatic carbocycles. The van der Waals surface area contributed by atoms with Gasteiger partial charge in [0.05, 0.1) is 36.6 Å². The zero-order valence-corrected chi connectivity index (χ0v) is 35.4. The van der Waals surface area contributed by atoms with Crippen molar-refractivity contribution in [1.29, 1.82) is 0 Å². The Hall–Kier alpha value is -2.56. The summed E-state index contributed by atoms with van der Waals surface area (Å²) in [6, 6.07) is -1.16. The monoisotopic (exact) mass is 807 g/mol. The third kappa shape index (κ3) is 10.8. The van der Waals surface area contributed by atoms with E-state index in [0.717, 1.165) is 4.90 Å². The van der Waals surface area contributed by atoms with Gasteiger partial charge in [0.15, 0.2) is 5.78 Å². The van der Waals surface area contributed by atoms with Crippen molar-refractivity contribution in [2.45, 2.75) is 166 Å². The maximum absolute atomic E-state index is 14.3. The number of methoxy groups -OCH3 is 3. The molecule has 0 aromatic heterocycles. The number of aliphatic hydroxyl groups is 4. The molecule has 0 spiro atoms. The molecule has 0 aromatic carbocycles. The van der Waals surface area contributed by atoms with Crippen LogP contribution in [0.2, 0.25) is 0 Å². The molecule has 324 valence electrons. The molecule has 1 saturated carbocycles. The summed E-state index contributed by atoms with van der Waals surface area (Å²) in [6.07, 6.45) is 0.598. The van der Waals surface area contributed by atoms with E-state index in [1.165, 1.54) is 14.2 Å². The van der Waals surface area contributed by atoms with Crippen LogP contribution in [0, 0.1) is 29.6 Å². The average Bonchev–Trinajstić information content (AvgIpc) is 3.20. The number of nitrogens with zero attached hydrogens (tertiary/aromatic N) is 1. The SMILES string of the molecule is CCC1=CC(C)[C@@H](O)[C@H](C)C[C@H](OC)[C@H]2O[C@@](O)(C(=O)C(=O)N3CCCC[C@H]3C(=O)O[C@H](C(C)=C[C@@H]3CC[C@@H](O)[C@H](OC)C3)[C@H](C)[C@@H](O)CC1=O)[C@H](C)C[C@@H]2OC. The molecule has 14 heteroatoms. The highest BCUT2D eigenvalue weighted by molar-refractivity contribution is 6.39. The molecular formula is C43H69NO13. The second-order valence-corrected chi connectivity index (χ2v) is 17.1. The number of hydrogen-bond donors (Lipinski definition) is 4. The van der Waals surface area contributed by atoms with Crippen LogP contribution in [0.3, 0.4) is 0 Å². The van der Waals surface area contributed by atoms with Crippen molar-refractivity contribution < 1.29 is 63.3 Å². The quantitative estimate of drug-likeness (QED) is 0.173. The first-order valence-electron chi connectivity index (χ1n) is 20.9. The molecule has 3 fully saturated rings. The van der Waals surface area contributed by atoms with Gasteiger partial charge in [-0.1, -0.05) is 46.8 Å². The van der Waals surface area contributed by atoms with Gasteiger partial charge in [-0.15, -0.1) is 0 Å². The Labute approximate surface area is 338 Å². The van der Waals surface area contributed by atoms with Crippen LogP contribution in [0.4, 0.5) is 0 Å². The molecule has 15 atom stereocenters. The summed E-state index contributed by atoms with van der Waals surface area (Å²) in [4.78, 5) is 57.6. The maximum Gasteiger partial charge on any atom is 0.329 e. The minimum atomic E-state index is -2.57. The molecule has 3 heterocycles. The number of piperidine rings is 1. The van der Waals surface area contributed by atoms with Gasteiger partial charge in [-0.2, -0.15) is 0 Å². The zero-order chi connectivity index (χ0) is 42.4. The highest BCUT2D eigenvalue weighted by Gasteiger charge is 2.56. The summed E-state index contributed by atoms with van der Waals surface area (Å²) in [6.45, 7) is 10.6. The number of hydrogen-bond acceptors (Lipinski definition) is 13. The lowest BCUT2D eigenvalue weighted by atomic mass is 9.81. The van der Waals surface area contributed by atoms with E-state index in [2.05, 4.69) is 0 Å². The van der Waals surface area contributed by atoms with Crippen molar-refractivity contribution in [1.82, 2.24) is 4.90 Å². The fourth-order valence-corrected chi connectivity index (χ4v) is 9.32. The van der Waals surface area contributed by atoms with E-state index in [9.17, 15) is 39.6 Å². The topological polar surface area (TPSA) is 199 Å². The summed E-state index contributed by atoms with van der Waals surface area (Å²) in [7, 11) is 4.49. The number of carbonyl (C=O) groups is 4. The summed E-state index contributed by atoms with van der Waals surface area (Å²) in [5.41, 5.74) is 1.08. The summed E-state index contributed by atoms with van der Waals surface area (Å²) < 4.78 is 29.6. The van der Waals surface area contributed by atoms with Crippen molar-refractivity contribution in [2.75, 3.05) is 27.9 Å². The number of rotatable bonds is 6. The van der Waals surface area contributed by atoms with Gasteiger partial charge in [0.25, 0.3) is 11.7 Å². The standard InChI is InChI=1S/C43H69NO13/c1-10-29-18-23(2)37(48)24(3)19-35(54-8)39-36(55-9)20-26(5)43(52,57-39)40(49)41(50)44-16-12-11-13-30(44)42(51)56-38(27(6)32(46)22-33(29)47)25(4)17-28-14-15-31(45)34(21-28)53-7/h17-18,23-24,26-28,30-32,34-39,45-46,48,52H,10-16,19-22H2,1-9H3/t23?,24-,26-,27-,28+,30+,31-,32+,34-,35+,36+,37-,38-,39-,43-/m1/s1. The fraction of sp³-hybridized carbons (Fsp3) is 0.814. The third-order valence-electron chi connectivity index (χ3n) is 13.2. The first-order chi connectivity index (χ1) is 26.9. The van der Waals surface area contributed by atoms with Crippen LogP contribution in [-0.2, 0) is 42.9 Å². The van der Waals surface area contributed by atoms with E-state index in [0.29, 0.717) is 49.7 Å². The molecule has 4 N–H and O–H groups in total. The highest BCUT2D eigenvalue weighted by atomic mass is 16.7. The van der Waals surface area contributed by atoms with Crippen molar-refractivity contribution in [3.05, 3.63) is 23.3 Å². The van der Waals surface area contributed by atoms with E-state index in [-0.39, 0.29) is 50.0 Å². The Kier molecular flexibility index (Phi) is 17.0. The van der Waals surface area contributed by atoms with E-state index in [4.69, 9.17) is 23.7 Å². The van der Waals surface area contributed by atoms with Crippen LogP contribution in [0.15, 0.2) is 23.3 Å². The van der Waals surface area contributed by atoms with Crippen LogP contribution in [0.5, 0.6) is 0 Å². The Balaban J connectivity index is 1.79. The Bertz CT molecular complexity index is 1470. The van der Waals surface area contributed by atoms with Gasteiger partial charge in [0, 0.05) is 52.0 Å². The average molecular weight is 808 g/mol. The van der Waals surface area contributed by atoms with E-state index in [1.807, 2.05) is 19.9 Å². The van der Waals surface area contributed by atoms with Crippen LogP contribution in [0.1, 0.15) is 106 Å². The van der Waals surface area contributed by atoms with Crippen LogP contribution in [0.25, 0.3) is 0 Å². The normalized spacial score (nSPS) is 41.5. The third-order valence-corrected chi connectivity index (χ3v) is 13.2. The minimum Gasteiger partial charge on any atom is -0.456 e. The van der Waals surface area contributed by atoms with E-state index < -0.39 is 95.9 Å². The number of aliphatic hydroxyl groups excluding tert-OH is 3. The number of cyclic esters (lactones) is 1. The van der Waals surface area contributed by atoms with Gasteiger partial charge in [-0.05, 0) is 87.7 Å². The van der Waals surface area contributed by atoms with Gasteiger partial charge in [-0.25, -0.2) is 4.79 Å². The van der Waals surface area contributed by atoms with Crippen molar-refractivity contribution in [2.24, 2.45) is 29.6 Å². The smallest absolute Gasteiger partial charge is 0.329 e. The number of ether oxygens (including phenoxy) is 5. The molecule has 4 rings (SSSR count). The number of carbonyl (C=O) groups excluding carboxylic acids is 4. The summed E-state index contributed by atoms with van der Waals surface area (Å²) in [5.74, 6) is -8.51. The molecule has 2 saturated heterocycles. The fourth-order valence-electron chi connectivity index (χ4n) is 9.32. The predicted octanol–water partition coefficient (Wildman–Crippen LogP) is 3.44. The Morgan fingerprint density at radius 1 is 0.895 bits per heavy atom. The van der Waals surface area contributed by atoms with Gasteiger partial charge in [-0.3, -0.25) is 14.4 Å². The first kappa shape index (κ1) is 47.1. The van der Waals surface area contributed by atoms with Crippen LogP contribution < -0.4 is 0 Å².